The van der Waals surface area contributed by atoms with Crippen LogP contribution < -0.4 is 10.6 Å². The van der Waals surface area contributed by atoms with Gasteiger partial charge >= 0.3 is 6.09 Å². The van der Waals surface area contributed by atoms with Crippen LogP contribution in [0.15, 0.2) is 0 Å². The third kappa shape index (κ3) is 14.6. The molecule has 0 radical (unpaired) electrons. The maximum atomic E-state index is 12.3. The highest BCUT2D eigenvalue weighted by Crippen LogP contribution is 2.52. The quantitative estimate of drug-likeness (QED) is 0.0448. The number of aryl methyl sites for hydroxylation is 2. The van der Waals surface area contributed by atoms with Gasteiger partial charge in [0, 0.05) is 20.1 Å². The molecule has 0 bridgehead atoms. The molecule has 0 spiro atoms. The van der Waals surface area contributed by atoms with E-state index in [0.29, 0.717) is 37.5 Å². The van der Waals surface area contributed by atoms with E-state index in [4.69, 9.17) is 33.2 Å². The molecule has 1 amide bonds. The van der Waals surface area contributed by atoms with E-state index in [-0.39, 0.29) is 25.4 Å². The van der Waals surface area contributed by atoms with E-state index < -0.39 is 105 Å². The zero-order valence-electron chi connectivity index (χ0n) is 37.7. The number of unbranched alkanes of at least 4 members (excludes halogenated alkanes) is 3. The van der Waals surface area contributed by atoms with Crippen molar-refractivity contribution in [3.63, 3.8) is 0 Å². The van der Waals surface area contributed by atoms with Crippen LogP contribution in [0.5, 0.6) is 0 Å². The predicted octanol–water partition coefficient (Wildman–Crippen LogP) is -2.62. The van der Waals surface area contributed by atoms with E-state index in [2.05, 4.69) is 20.9 Å². The smallest absolute Gasteiger partial charge is 0.407 e. The maximum Gasteiger partial charge on any atom is 0.407 e. The third-order valence-corrected chi connectivity index (χ3v) is 12.6. The van der Waals surface area contributed by atoms with Gasteiger partial charge in [0.15, 0.2) is 12.6 Å². The number of alkyl carbamates (subject to hydrolysis) is 1. The second kappa shape index (κ2) is 25.2. The van der Waals surface area contributed by atoms with Crippen LogP contribution in [0, 0.1) is 17.8 Å². The van der Waals surface area contributed by atoms with Gasteiger partial charge in [-0.3, -0.25) is 4.68 Å². The van der Waals surface area contributed by atoms with Crippen LogP contribution in [-0.2, 0) is 53.0 Å². The summed E-state index contributed by atoms with van der Waals surface area (Å²) in [5.74, 6) is 1.54. The van der Waals surface area contributed by atoms with Gasteiger partial charge < -0.3 is 89.8 Å². The number of ether oxygens (including phenoxy) is 7. The van der Waals surface area contributed by atoms with Crippen LogP contribution in [0.2, 0.25) is 0 Å². The number of carbonyl (C=O) groups excluding carboxylic acids is 1. The van der Waals surface area contributed by atoms with Crippen LogP contribution in [0.1, 0.15) is 77.6 Å². The molecule has 1 aromatic rings. The zero-order valence-corrected chi connectivity index (χ0v) is 37.7. The molecule has 370 valence electrons. The largest absolute Gasteiger partial charge is 0.449 e. The molecule has 22 heteroatoms. The first-order valence-corrected chi connectivity index (χ1v) is 22.9. The number of rotatable bonds is 25. The molecule has 2 saturated heterocycles. The Morgan fingerprint density at radius 2 is 1.39 bits per heavy atom. The van der Waals surface area contributed by atoms with Gasteiger partial charge in [-0.2, -0.15) is 0 Å². The SMILES string of the molecule is CC(C)OC[C@H]1O[C@H](OC[C@H]2O[C@H](OC[C@@H](O)[C@@H](O)[C@H](O)[C@@H](O)CNCCCCCCNC(=O)OC[C@@H]3[C@@H]4CCc5nnn(C)c5CC[C@@H]43)[C@H](O)[C@@H](O)[C@@H]2O)[C@H](O)[C@@H](OC(C)C)[C@@H]1O. The summed E-state index contributed by atoms with van der Waals surface area (Å²) in [5, 5.41) is 110. The van der Waals surface area contributed by atoms with Gasteiger partial charge in [0.05, 0.1) is 56.1 Å². The minimum Gasteiger partial charge on any atom is -0.449 e. The van der Waals surface area contributed by atoms with Gasteiger partial charge in [0.25, 0.3) is 0 Å². The fourth-order valence-corrected chi connectivity index (χ4v) is 8.74. The minimum atomic E-state index is -1.88. The Kier molecular flexibility index (Phi) is 20.8. The predicted molar refractivity (Wildman–Crippen MR) is 223 cm³/mol. The van der Waals surface area contributed by atoms with E-state index >= 15 is 0 Å². The molecular formula is C42H75N5O17. The summed E-state index contributed by atoms with van der Waals surface area (Å²) in [5.41, 5.74) is 2.29. The molecule has 11 N–H and O–H groups in total. The molecular weight excluding hydrogens is 846 g/mol. The highest BCUT2D eigenvalue weighted by atomic mass is 16.7. The van der Waals surface area contributed by atoms with Crippen molar-refractivity contribution < 1.29 is 83.9 Å². The Bertz CT molecular complexity index is 1530. The second-order valence-corrected chi connectivity index (χ2v) is 18.2. The minimum absolute atomic E-state index is 0.0410. The molecule has 0 unspecified atom stereocenters. The summed E-state index contributed by atoms with van der Waals surface area (Å²) in [6.45, 7) is 7.14. The monoisotopic (exact) mass is 922 g/mol. The number of hydrogen-bond acceptors (Lipinski definition) is 20. The average Bonchev–Trinajstić information content (AvgIpc) is 3.79. The molecule has 0 aromatic carbocycles. The van der Waals surface area contributed by atoms with Crippen molar-refractivity contribution in [3.8, 4) is 0 Å². The van der Waals surface area contributed by atoms with E-state index in [1.54, 1.807) is 27.7 Å². The van der Waals surface area contributed by atoms with Crippen LogP contribution in [0.25, 0.3) is 0 Å². The molecule has 22 nitrogen and oxygen atoms in total. The number of carbonyl (C=O) groups is 1. The van der Waals surface area contributed by atoms with Gasteiger partial charge in [0.1, 0.15) is 67.1 Å². The fraction of sp³-hybridized carbons (Fsp3) is 0.929. The maximum absolute atomic E-state index is 12.3. The summed E-state index contributed by atoms with van der Waals surface area (Å²) >= 11 is 0. The van der Waals surface area contributed by atoms with E-state index in [0.717, 1.165) is 57.1 Å². The lowest BCUT2D eigenvalue weighted by Crippen LogP contribution is -2.62. The summed E-state index contributed by atoms with van der Waals surface area (Å²) in [4.78, 5) is 12.3. The number of nitrogens with one attached hydrogen (secondary N) is 2. The summed E-state index contributed by atoms with van der Waals surface area (Å²) in [6, 6.07) is 0. The van der Waals surface area contributed by atoms with Gasteiger partial charge in [0.2, 0.25) is 0 Å². The molecule has 3 heterocycles. The first kappa shape index (κ1) is 52.7. The highest BCUT2D eigenvalue weighted by molar-refractivity contribution is 5.67. The third-order valence-electron chi connectivity index (χ3n) is 12.6. The lowest BCUT2D eigenvalue weighted by molar-refractivity contribution is -0.338. The van der Waals surface area contributed by atoms with Crippen molar-refractivity contribution >= 4 is 6.09 Å². The number of aliphatic hydroxyl groups is 9. The highest BCUT2D eigenvalue weighted by Gasteiger charge is 2.51. The molecule has 4 aliphatic rings. The Balaban J connectivity index is 0.925. The van der Waals surface area contributed by atoms with Crippen molar-refractivity contribution in [2.24, 2.45) is 24.8 Å². The summed E-state index contributed by atoms with van der Waals surface area (Å²) < 4.78 is 41.3. The summed E-state index contributed by atoms with van der Waals surface area (Å²) in [6.07, 6.45) is -15.2. The topological polar surface area (TPSA) is 319 Å². The lowest BCUT2D eigenvalue weighted by Gasteiger charge is -2.44. The van der Waals surface area contributed by atoms with Gasteiger partial charge in [-0.1, -0.05) is 18.1 Å². The Morgan fingerprint density at radius 3 is 2.08 bits per heavy atom. The normalized spacial score (nSPS) is 33.7. The lowest BCUT2D eigenvalue weighted by atomic mass is 9.98. The average molecular weight is 922 g/mol. The number of nitrogens with zero attached hydrogens (tertiary/aromatic N) is 3. The Morgan fingerprint density at radius 1 is 0.750 bits per heavy atom. The fourth-order valence-electron chi connectivity index (χ4n) is 8.74. The van der Waals surface area contributed by atoms with Crippen molar-refractivity contribution in [3.05, 3.63) is 11.4 Å². The molecule has 2 aliphatic heterocycles. The number of aliphatic hydroxyl groups excluding tert-OH is 9. The Labute approximate surface area is 374 Å². The molecule has 17 atom stereocenters. The molecule has 1 aromatic heterocycles. The number of amides is 1. The van der Waals surface area contributed by atoms with Crippen LogP contribution >= 0.6 is 0 Å². The van der Waals surface area contributed by atoms with Crippen LogP contribution in [0.4, 0.5) is 4.79 Å². The standard InChI is InChI=1S/C42H75N5O17/c1-21(2)58-19-31-35(53)39(62-22(3)4)38(56)41(64-31)60-20-30-34(52)36(54)37(55)40(63-30)59-18-29(49)33(51)32(50)28(48)16-43-14-8-6-7-9-15-44-42(57)61-17-25-23-10-12-26-27(13-11-24(23)25)47(5)46-45-26/h21-25,28-41,43,48-56H,6-20H2,1-5H3,(H,44,57)/t23-,24+,25-,28+,29-,30-,31-,32-,33-,34-,35-,36+,37-,38-,39+,40+,41+/m1/s1. The van der Waals surface area contributed by atoms with E-state index in [1.807, 2.05) is 11.7 Å². The van der Waals surface area contributed by atoms with Crippen molar-refractivity contribution in [1.29, 1.82) is 0 Å². The number of hydrogen-bond donors (Lipinski definition) is 11. The molecule has 2 aliphatic carbocycles. The molecule has 3 fully saturated rings. The van der Waals surface area contributed by atoms with E-state index in [9.17, 15) is 50.8 Å². The second-order valence-electron chi connectivity index (χ2n) is 18.2. The number of fused-ring (bicyclic) bond motifs is 2. The summed E-state index contributed by atoms with van der Waals surface area (Å²) in [7, 11) is 1.93. The van der Waals surface area contributed by atoms with Crippen LogP contribution in [0.3, 0.4) is 0 Å². The van der Waals surface area contributed by atoms with Gasteiger partial charge in [-0.15, -0.1) is 5.10 Å². The van der Waals surface area contributed by atoms with Crippen molar-refractivity contribution in [2.75, 3.05) is 46.1 Å². The van der Waals surface area contributed by atoms with E-state index in [1.165, 1.54) is 5.69 Å². The first-order chi connectivity index (χ1) is 30.5. The van der Waals surface area contributed by atoms with Gasteiger partial charge in [-0.05, 0) is 90.5 Å². The van der Waals surface area contributed by atoms with Crippen molar-refractivity contribution in [1.82, 2.24) is 25.6 Å². The zero-order chi connectivity index (χ0) is 46.7. The molecule has 64 heavy (non-hydrogen) atoms. The van der Waals surface area contributed by atoms with Gasteiger partial charge in [-0.25, -0.2) is 4.79 Å². The molecule has 1 saturated carbocycles. The van der Waals surface area contributed by atoms with Crippen molar-refractivity contribution in [2.45, 2.75) is 177 Å². The molecule has 5 rings (SSSR count). The van der Waals surface area contributed by atoms with Crippen LogP contribution in [-0.4, -0.2) is 211 Å². The number of aromatic nitrogens is 3. The first-order valence-electron chi connectivity index (χ1n) is 22.9. The Hall–Kier alpha value is -2.23.